The molecular weight excluding hydrogens is 307 g/mol. The van der Waals surface area contributed by atoms with Gasteiger partial charge in [-0.05, 0) is 43.2 Å². The number of halogens is 2. The van der Waals surface area contributed by atoms with Crippen molar-refractivity contribution >= 4 is 15.9 Å². The molecule has 2 rings (SSSR count). The molecule has 1 aromatic carbocycles. The Kier molecular flexibility index (Phi) is 4.66. The molecule has 1 aromatic heterocycles. The lowest BCUT2D eigenvalue weighted by molar-refractivity contribution is 0.490. The summed E-state index contributed by atoms with van der Waals surface area (Å²) in [5, 5.41) is 3.44. The summed E-state index contributed by atoms with van der Waals surface area (Å²) in [4.78, 5) is 3.88. The maximum atomic E-state index is 13.1. The van der Waals surface area contributed by atoms with Crippen LogP contribution in [0.25, 0.3) is 0 Å². The Morgan fingerprint density at radius 3 is 2.53 bits per heavy atom. The molecule has 0 aliphatic heterocycles. The molecule has 19 heavy (non-hydrogen) atoms. The predicted octanol–water partition coefficient (Wildman–Crippen LogP) is 4.40. The summed E-state index contributed by atoms with van der Waals surface area (Å²) in [6.45, 7) is 4.09. The van der Waals surface area contributed by atoms with Crippen LogP contribution in [0.15, 0.2) is 47.2 Å². The highest BCUT2D eigenvalue weighted by Gasteiger charge is 2.12. The van der Waals surface area contributed by atoms with E-state index < -0.39 is 0 Å². The number of hydrogen-bond donors (Lipinski definition) is 1. The molecule has 1 unspecified atom stereocenters. The number of hydrogen-bond acceptors (Lipinski definition) is 2. The molecule has 0 bridgehead atoms. The lowest BCUT2D eigenvalue weighted by Crippen LogP contribution is -2.22. The number of aromatic nitrogens is 1. The molecule has 2 nitrogen and oxygen atoms in total. The highest BCUT2D eigenvalue weighted by molar-refractivity contribution is 9.10. The third-order valence-electron chi connectivity index (χ3n) is 3.07. The molecule has 2 aromatic rings. The molecular formula is C15H16BrFN2. The molecule has 0 saturated heterocycles. The van der Waals surface area contributed by atoms with E-state index in [0.29, 0.717) is 0 Å². The quantitative estimate of drug-likeness (QED) is 0.902. The summed E-state index contributed by atoms with van der Waals surface area (Å²) in [7, 11) is 0. The van der Waals surface area contributed by atoms with Crippen molar-refractivity contribution in [3.63, 3.8) is 0 Å². The molecule has 100 valence electrons. The van der Waals surface area contributed by atoms with Crippen LogP contribution in [-0.2, 0) is 0 Å². The summed E-state index contributed by atoms with van der Waals surface area (Å²) >= 11 is 3.46. The third-order valence-corrected chi connectivity index (χ3v) is 3.57. The maximum Gasteiger partial charge on any atom is 0.141 e. The summed E-state index contributed by atoms with van der Waals surface area (Å²) in [6, 6.07) is 9.88. The first-order valence-corrected chi connectivity index (χ1v) is 6.97. The van der Waals surface area contributed by atoms with Crippen LogP contribution in [0.3, 0.4) is 0 Å². The third kappa shape index (κ3) is 3.85. The van der Waals surface area contributed by atoms with Crippen molar-refractivity contribution in [2.45, 2.75) is 25.9 Å². The molecule has 0 aliphatic rings. The van der Waals surface area contributed by atoms with Crippen LogP contribution in [0.4, 0.5) is 4.39 Å². The number of pyridine rings is 1. The molecule has 0 spiro atoms. The second kappa shape index (κ2) is 6.26. The Hall–Kier alpha value is -1.26. The molecule has 0 saturated carbocycles. The zero-order chi connectivity index (χ0) is 13.8. The minimum atomic E-state index is -0.304. The van der Waals surface area contributed by atoms with E-state index in [-0.39, 0.29) is 17.9 Å². The van der Waals surface area contributed by atoms with Gasteiger partial charge in [-0.15, -0.1) is 0 Å². The smallest absolute Gasteiger partial charge is 0.141 e. The second-order valence-corrected chi connectivity index (χ2v) is 5.52. The van der Waals surface area contributed by atoms with Gasteiger partial charge in [0.15, 0.2) is 0 Å². The van der Waals surface area contributed by atoms with E-state index in [9.17, 15) is 4.39 Å². The van der Waals surface area contributed by atoms with Gasteiger partial charge in [0.25, 0.3) is 0 Å². The first-order chi connectivity index (χ1) is 9.06. The van der Waals surface area contributed by atoms with Crippen LogP contribution in [0, 0.1) is 5.82 Å². The van der Waals surface area contributed by atoms with E-state index in [1.165, 1.54) is 17.8 Å². The van der Waals surface area contributed by atoms with Crippen molar-refractivity contribution in [3.8, 4) is 0 Å². The standard InChI is InChI=1S/C15H16BrFN2/c1-10(12-4-3-5-14(16)6-12)19-11(2)13-7-15(17)9-18-8-13/h3-11,19H,1-2H3/t10-,11?/m1/s1. The lowest BCUT2D eigenvalue weighted by Gasteiger charge is -2.20. The van der Waals surface area contributed by atoms with Gasteiger partial charge >= 0.3 is 0 Å². The highest BCUT2D eigenvalue weighted by atomic mass is 79.9. The number of nitrogens with zero attached hydrogens (tertiary/aromatic N) is 1. The molecule has 0 radical (unpaired) electrons. The Labute approximate surface area is 121 Å². The van der Waals surface area contributed by atoms with Crippen molar-refractivity contribution in [2.75, 3.05) is 0 Å². The first-order valence-electron chi connectivity index (χ1n) is 6.18. The van der Waals surface area contributed by atoms with Crippen LogP contribution in [-0.4, -0.2) is 4.98 Å². The summed E-state index contributed by atoms with van der Waals surface area (Å²) in [6.07, 6.45) is 2.91. The van der Waals surface area contributed by atoms with Crippen LogP contribution >= 0.6 is 15.9 Å². The van der Waals surface area contributed by atoms with Gasteiger partial charge in [0.05, 0.1) is 6.20 Å². The van der Waals surface area contributed by atoms with Gasteiger partial charge in [-0.3, -0.25) is 4.98 Å². The Bertz CT molecular complexity index is 510. The summed E-state index contributed by atoms with van der Waals surface area (Å²) in [5.41, 5.74) is 2.03. The Morgan fingerprint density at radius 1 is 1.11 bits per heavy atom. The number of benzene rings is 1. The number of nitrogens with one attached hydrogen (secondary N) is 1. The normalized spacial score (nSPS) is 14.1. The van der Waals surface area contributed by atoms with E-state index >= 15 is 0 Å². The van der Waals surface area contributed by atoms with Gasteiger partial charge in [-0.2, -0.15) is 0 Å². The zero-order valence-corrected chi connectivity index (χ0v) is 12.5. The van der Waals surface area contributed by atoms with Crippen molar-refractivity contribution in [3.05, 3.63) is 64.1 Å². The van der Waals surface area contributed by atoms with Crippen LogP contribution in [0.5, 0.6) is 0 Å². The van der Waals surface area contributed by atoms with Gasteiger partial charge in [0.2, 0.25) is 0 Å². The topological polar surface area (TPSA) is 24.9 Å². The van der Waals surface area contributed by atoms with E-state index in [4.69, 9.17) is 0 Å². The van der Waals surface area contributed by atoms with Gasteiger partial charge < -0.3 is 5.32 Å². The van der Waals surface area contributed by atoms with Gasteiger partial charge in [0.1, 0.15) is 5.82 Å². The second-order valence-electron chi connectivity index (χ2n) is 4.60. The van der Waals surface area contributed by atoms with Gasteiger partial charge in [-0.25, -0.2) is 4.39 Å². The van der Waals surface area contributed by atoms with Gasteiger partial charge in [-0.1, -0.05) is 28.1 Å². The molecule has 1 heterocycles. The lowest BCUT2D eigenvalue weighted by atomic mass is 10.1. The fourth-order valence-corrected chi connectivity index (χ4v) is 2.43. The van der Waals surface area contributed by atoms with Crippen LogP contribution < -0.4 is 5.32 Å². The summed E-state index contributed by atoms with van der Waals surface area (Å²) in [5.74, 6) is -0.304. The SMILES string of the molecule is CC(N[C@H](C)c1cccc(Br)c1)c1cncc(F)c1. The summed E-state index contributed by atoms with van der Waals surface area (Å²) < 4.78 is 14.2. The van der Waals surface area contributed by atoms with Crippen molar-refractivity contribution in [2.24, 2.45) is 0 Å². The predicted molar refractivity (Wildman–Crippen MR) is 78.3 cm³/mol. The molecule has 0 amide bonds. The van der Waals surface area contributed by atoms with Crippen LogP contribution in [0.1, 0.15) is 37.1 Å². The zero-order valence-electron chi connectivity index (χ0n) is 10.9. The average molecular weight is 323 g/mol. The minimum Gasteiger partial charge on any atom is -0.304 e. The van der Waals surface area contributed by atoms with Crippen LogP contribution in [0.2, 0.25) is 0 Å². The highest BCUT2D eigenvalue weighted by Crippen LogP contribution is 2.21. The van der Waals surface area contributed by atoms with Crippen molar-refractivity contribution in [1.82, 2.24) is 10.3 Å². The maximum absolute atomic E-state index is 13.1. The molecule has 0 fully saturated rings. The molecule has 0 aliphatic carbocycles. The fraction of sp³-hybridized carbons (Fsp3) is 0.267. The van der Waals surface area contributed by atoms with E-state index in [1.54, 1.807) is 6.20 Å². The average Bonchev–Trinajstić information content (AvgIpc) is 2.38. The number of rotatable bonds is 4. The van der Waals surface area contributed by atoms with E-state index in [1.807, 2.05) is 19.1 Å². The monoisotopic (exact) mass is 322 g/mol. The van der Waals surface area contributed by atoms with Gasteiger partial charge in [0, 0.05) is 22.8 Å². The van der Waals surface area contributed by atoms with E-state index in [0.717, 1.165) is 10.0 Å². The first kappa shape index (κ1) is 14.2. The van der Waals surface area contributed by atoms with E-state index in [2.05, 4.69) is 45.3 Å². The van der Waals surface area contributed by atoms with Crippen molar-refractivity contribution in [1.29, 1.82) is 0 Å². The molecule has 1 N–H and O–H groups in total. The fourth-order valence-electron chi connectivity index (χ4n) is 2.01. The van der Waals surface area contributed by atoms with Crippen molar-refractivity contribution < 1.29 is 4.39 Å². The molecule has 4 heteroatoms. The largest absolute Gasteiger partial charge is 0.304 e. The minimum absolute atomic E-state index is 0.0391. The molecule has 2 atom stereocenters. The Morgan fingerprint density at radius 2 is 1.84 bits per heavy atom. The Balaban J connectivity index is 2.08.